The number of rotatable bonds is 2. The van der Waals surface area contributed by atoms with E-state index in [1.807, 2.05) is 0 Å². The van der Waals surface area contributed by atoms with Crippen molar-refractivity contribution in [3.8, 4) is 5.75 Å². The fraction of sp³-hybridized carbons (Fsp3) is 0.500. The molecule has 0 saturated heterocycles. The van der Waals surface area contributed by atoms with Crippen LogP contribution in [0.5, 0.6) is 5.75 Å². The normalized spacial score (nSPS) is 19.7. The molecular weight excluding hydrogens is 200 g/mol. The molecule has 0 bridgehead atoms. The van der Waals surface area contributed by atoms with Gasteiger partial charge >= 0.3 is 5.63 Å². The van der Waals surface area contributed by atoms with Crippen LogP contribution < -0.4 is 10.4 Å². The molecule has 0 amide bonds. The van der Waals surface area contributed by atoms with Crippen LogP contribution in [0.15, 0.2) is 15.3 Å². The second-order valence-corrected chi connectivity index (χ2v) is 3.36. The Balaban J connectivity index is 2.42. The molecule has 15 heavy (non-hydrogen) atoms. The number of methoxy groups -OCH3 is 1. The Kier molecular flexibility index (Phi) is 2.75. The monoisotopic (exact) mass is 212 g/mol. The summed E-state index contributed by atoms with van der Waals surface area (Å²) in [7, 11) is 1.49. The lowest BCUT2D eigenvalue weighted by atomic mass is 10.1. The van der Waals surface area contributed by atoms with E-state index in [9.17, 15) is 4.79 Å². The van der Waals surface area contributed by atoms with Crippen molar-refractivity contribution in [3.63, 3.8) is 0 Å². The van der Waals surface area contributed by atoms with Crippen molar-refractivity contribution in [3.05, 3.63) is 27.8 Å². The minimum absolute atomic E-state index is 0.0830. The highest BCUT2D eigenvalue weighted by Gasteiger charge is 2.24. The third-order valence-electron chi connectivity index (χ3n) is 2.41. The highest BCUT2D eigenvalue weighted by Crippen LogP contribution is 2.26. The van der Waals surface area contributed by atoms with Gasteiger partial charge in [0.1, 0.15) is 11.5 Å². The van der Waals surface area contributed by atoms with E-state index in [2.05, 4.69) is 0 Å². The highest BCUT2D eigenvalue weighted by atomic mass is 16.5. The lowest BCUT2D eigenvalue weighted by Crippen LogP contribution is -2.27. The van der Waals surface area contributed by atoms with E-state index in [1.165, 1.54) is 13.2 Å². The SMILES string of the molecule is COc1cc(=O)oc2c1CO[C@@H](CO)C2. The Morgan fingerprint density at radius 3 is 3.13 bits per heavy atom. The van der Waals surface area contributed by atoms with Crippen molar-refractivity contribution >= 4 is 0 Å². The molecule has 0 fully saturated rings. The van der Waals surface area contributed by atoms with Gasteiger partial charge in [0.2, 0.25) is 0 Å². The Morgan fingerprint density at radius 1 is 1.67 bits per heavy atom. The van der Waals surface area contributed by atoms with Gasteiger partial charge in [0.25, 0.3) is 0 Å². The number of hydrogen-bond acceptors (Lipinski definition) is 5. The van der Waals surface area contributed by atoms with E-state index in [4.69, 9.17) is 19.0 Å². The molecule has 5 nitrogen and oxygen atoms in total. The molecule has 5 heteroatoms. The summed E-state index contributed by atoms with van der Waals surface area (Å²) >= 11 is 0. The summed E-state index contributed by atoms with van der Waals surface area (Å²) in [5, 5.41) is 8.94. The molecule has 1 aliphatic rings. The van der Waals surface area contributed by atoms with Crippen LogP contribution >= 0.6 is 0 Å². The first-order chi connectivity index (χ1) is 7.24. The first kappa shape index (κ1) is 10.2. The maximum absolute atomic E-state index is 11.2. The second-order valence-electron chi connectivity index (χ2n) is 3.36. The number of aliphatic hydroxyl groups is 1. The molecule has 1 aromatic rings. The summed E-state index contributed by atoms with van der Waals surface area (Å²) in [6.07, 6.45) is 0.103. The van der Waals surface area contributed by atoms with Crippen molar-refractivity contribution in [2.45, 2.75) is 19.1 Å². The van der Waals surface area contributed by atoms with Gasteiger partial charge in [-0.2, -0.15) is 0 Å². The quantitative estimate of drug-likeness (QED) is 0.752. The summed E-state index contributed by atoms with van der Waals surface area (Å²) in [5.41, 5.74) is 0.311. The van der Waals surface area contributed by atoms with E-state index < -0.39 is 5.63 Å². The van der Waals surface area contributed by atoms with E-state index in [0.717, 1.165) is 5.56 Å². The topological polar surface area (TPSA) is 68.9 Å². The predicted octanol–water partition coefficient (Wildman–Crippen LogP) is 0.0820. The predicted molar refractivity (Wildman–Crippen MR) is 50.9 cm³/mol. The van der Waals surface area contributed by atoms with Gasteiger partial charge in [-0.3, -0.25) is 0 Å². The number of fused-ring (bicyclic) bond motifs is 1. The molecule has 2 heterocycles. The molecule has 0 saturated carbocycles. The Bertz CT molecular complexity index is 409. The molecule has 1 atom stereocenters. The fourth-order valence-electron chi connectivity index (χ4n) is 1.63. The molecule has 0 radical (unpaired) electrons. The lowest BCUT2D eigenvalue weighted by molar-refractivity contribution is -0.0145. The molecule has 0 aliphatic carbocycles. The van der Waals surface area contributed by atoms with Crippen LogP contribution in [0.1, 0.15) is 11.3 Å². The third kappa shape index (κ3) is 1.88. The number of aliphatic hydroxyl groups excluding tert-OH is 1. The molecule has 0 spiro atoms. The van der Waals surface area contributed by atoms with E-state index in [0.29, 0.717) is 24.5 Å². The van der Waals surface area contributed by atoms with Gasteiger partial charge in [-0.15, -0.1) is 0 Å². The standard InChI is InChI=1S/C10H12O5/c1-13-8-3-10(12)15-9-2-6(4-11)14-5-7(8)9/h3,6,11H,2,4-5H2,1H3/t6-/m1/s1. The highest BCUT2D eigenvalue weighted by molar-refractivity contribution is 5.34. The molecule has 0 unspecified atom stereocenters. The van der Waals surface area contributed by atoms with Crippen LogP contribution in [-0.4, -0.2) is 24.9 Å². The largest absolute Gasteiger partial charge is 0.496 e. The van der Waals surface area contributed by atoms with Gasteiger partial charge in [0.05, 0.1) is 38.1 Å². The van der Waals surface area contributed by atoms with Crippen molar-refractivity contribution < 1.29 is 19.0 Å². The van der Waals surface area contributed by atoms with E-state index >= 15 is 0 Å². The summed E-state index contributed by atoms with van der Waals surface area (Å²) in [6.45, 7) is 0.216. The fourth-order valence-corrected chi connectivity index (χ4v) is 1.63. The first-order valence-electron chi connectivity index (χ1n) is 4.67. The van der Waals surface area contributed by atoms with Gasteiger partial charge in [-0.05, 0) is 0 Å². The van der Waals surface area contributed by atoms with Crippen LogP contribution in [0, 0.1) is 0 Å². The zero-order valence-electron chi connectivity index (χ0n) is 8.36. The zero-order valence-corrected chi connectivity index (χ0v) is 8.36. The van der Waals surface area contributed by atoms with Crippen LogP contribution in [-0.2, 0) is 17.8 Å². The summed E-state index contributed by atoms with van der Waals surface area (Å²) in [6, 6.07) is 1.29. The lowest BCUT2D eigenvalue weighted by Gasteiger charge is -2.23. The molecule has 82 valence electrons. The number of hydrogen-bond donors (Lipinski definition) is 1. The molecule has 1 aliphatic heterocycles. The summed E-state index contributed by atoms with van der Waals surface area (Å²) in [5.74, 6) is 1.03. The van der Waals surface area contributed by atoms with Gasteiger partial charge in [-0.1, -0.05) is 0 Å². The van der Waals surface area contributed by atoms with Gasteiger partial charge in [0, 0.05) is 6.42 Å². The Hall–Kier alpha value is -1.33. The van der Waals surface area contributed by atoms with Crippen molar-refractivity contribution in [2.24, 2.45) is 0 Å². The van der Waals surface area contributed by atoms with Crippen LogP contribution in [0.4, 0.5) is 0 Å². The summed E-state index contributed by atoms with van der Waals surface area (Å²) < 4.78 is 15.5. The Morgan fingerprint density at radius 2 is 2.47 bits per heavy atom. The second kappa shape index (κ2) is 4.04. The van der Waals surface area contributed by atoms with Crippen LogP contribution in [0.3, 0.4) is 0 Å². The van der Waals surface area contributed by atoms with Crippen molar-refractivity contribution in [2.75, 3.05) is 13.7 Å². The minimum Gasteiger partial charge on any atom is -0.496 e. The minimum atomic E-state index is -0.441. The van der Waals surface area contributed by atoms with Gasteiger partial charge in [0.15, 0.2) is 0 Å². The summed E-state index contributed by atoms with van der Waals surface area (Å²) in [4.78, 5) is 11.2. The third-order valence-corrected chi connectivity index (χ3v) is 2.41. The zero-order chi connectivity index (χ0) is 10.8. The smallest absolute Gasteiger partial charge is 0.339 e. The maximum atomic E-state index is 11.2. The molecule has 1 aromatic heterocycles. The first-order valence-corrected chi connectivity index (χ1v) is 4.67. The average molecular weight is 212 g/mol. The van der Waals surface area contributed by atoms with Crippen LogP contribution in [0.2, 0.25) is 0 Å². The Labute approximate surface area is 86.2 Å². The van der Waals surface area contributed by atoms with Crippen LogP contribution in [0.25, 0.3) is 0 Å². The molecule has 1 N–H and O–H groups in total. The maximum Gasteiger partial charge on any atom is 0.339 e. The van der Waals surface area contributed by atoms with E-state index in [-0.39, 0.29) is 12.7 Å². The molecule has 0 aromatic carbocycles. The molecule has 2 rings (SSSR count). The van der Waals surface area contributed by atoms with E-state index in [1.54, 1.807) is 0 Å². The van der Waals surface area contributed by atoms with Crippen molar-refractivity contribution in [1.82, 2.24) is 0 Å². The molecular formula is C10H12O5. The number of ether oxygens (including phenoxy) is 2. The van der Waals surface area contributed by atoms with Gasteiger partial charge in [-0.25, -0.2) is 4.79 Å². The van der Waals surface area contributed by atoms with Crippen molar-refractivity contribution in [1.29, 1.82) is 0 Å². The average Bonchev–Trinajstić information content (AvgIpc) is 2.26. The van der Waals surface area contributed by atoms with Gasteiger partial charge < -0.3 is 19.0 Å².